The Labute approximate surface area is 253 Å². The maximum absolute atomic E-state index is 12.4. The highest BCUT2D eigenvalue weighted by Crippen LogP contribution is 2.51. The highest BCUT2D eigenvalue weighted by molar-refractivity contribution is 7.18. The first-order valence-corrected chi connectivity index (χ1v) is 15.6. The molecule has 10 heteroatoms. The molecule has 2 aliphatic carbocycles. The van der Waals surface area contributed by atoms with E-state index >= 15 is 0 Å². The van der Waals surface area contributed by atoms with Crippen LogP contribution in [-0.4, -0.2) is 69.9 Å². The van der Waals surface area contributed by atoms with Crippen LogP contribution >= 0.6 is 22.9 Å². The van der Waals surface area contributed by atoms with Crippen LogP contribution in [-0.2, 0) is 4.79 Å². The van der Waals surface area contributed by atoms with Crippen molar-refractivity contribution in [2.45, 2.75) is 52.0 Å². The smallest absolute Gasteiger partial charge is 0.338 e. The van der Waals surface area contributed by atoms with E-state index in [1.165, 1.54) is 24.2 Å². The lowest BCUT2D eigenvalue weighted by atomic mass is 9.67. The SMILES string of the molecule is CC1=NC2=C(CC3(CC2)CN(C2CC2)C3)C(=C=O)N1CCOc1ccc(Cl)cc1-c1cc(C)nc2c(C(=O)O)csc12. The van der Waals surface area contributed by atoms with E-state index in [4.69, 9.17) is 21.3 Å². The van der Waals surface area contributed by atoms with Gasteiger partial charge in [0.1, 0.15) is 23.9 Å². The minimum atomic E-state index is -1.01. The molecular formula is C32H31ClN4O4S. The Kier molecular flexibility index (Phi) is 6.74. The van der Waals surface area contributed by atoms with Crippen LogP contribution in [0.2, 0.25) is 5.02 Å². The number of rotatable bonds is 7. The normalized spacial score (nSPS) is 19.9. The van der Waals surface area contributed by atoms with Gasteiger partial charge < -0.3 is 14.7 Å². The third-order valence-electron chi connectivity index (χ3n) is 8.96. The lowest BCUT2D eigenvalue weighted by Crippen LogP contribution is -2.58. The Morgan fingerprint density at radius 3 is 2.79 bits per heavy atom. The summed E-state index contributed by atoms with van der Waals surface area (Å²) in [7, 11) is 0. The topological polar surface area (TPSA) is 95.3 Å². The van der Waals surface area contributed by atoms with Crippen LogP contribution in [0.5, 0.6) is 5.75 Å². The molecule has 0 bridgehead atoms. The zero-order valence-electron chi connectivity index (χ0n) is 23.6. The Hall–Kier alpha value is -3.49. The van der Waals surface area contributed by atoms with Crippen molar-refractivity contribution in [2.24, 2.45) is 10.4 Å². The number of benzene rings is 1. The van der Waals surface area contributed by atoms with E-state index in [0.717, 1.165) is 71.3 Å². The number of pyridine rings is 1. The minimum absolute atomic E-state index is 0.179. The van der Waals surface area contributed by atoms with Gasteiger partial charge in [0.05, 0.1) is 22.3 Å². The number of carbonyl (C=O) groups is 1. The second kappa shape index (κ2) is 10.3. The molecule has 1 spiro atoms. The van der Waals surface area contributed by atoms with E-state index in [1.807, 2.05) is 36.9 Å². The number of aliphatic imine (C=N–C) groups is 1. The maximum Gasteiger partial charge on any atom is 0.338 e. The molecule has 42 heavy (non-hydrogen) atoms. The molecular weight excluding hydrogens is 572 g/mol. The fourth-order valence-corrected chi connectivity index (χ4v) is 7.95. The van der Waals surface area contributed by atoms with Crippen molar-refractivity contribution >= 4 is 50.9 Å². The van der Waals surface area contributed by atoms with Gasteiger partial charge in [0.15, 0.2) is 5.94 Å². The molecule has 2 aliphatic heterocycles. The Morgan fingerprint density at radius 1 is 1.24 bits per heavy atom. The molecule has 1 aromatic carbocycles. The molecule has 0 unspecified atom stereocenters. The molecule has 8 nitrogen and oxygen atoms in total. The van der Waals surface area contributed by atoms with Crippen molar-refractivity contribution in [1.82, 2.24) is 14.8 Å². The number of carboxylic acids is 1. The van der Waals surface area contributed by atoms with Crippen LogP contribution in [0.25, 0.3) is 21.3 Å². The van der Waals surface area contributed by atoms with E-state index < -0.39 is 5.97 Å². The van der Waals surface area contributed by atoms with Gasteiger partial charge >= 0.3 is 5.97 Å². The summed E-state index contributed by atoms with van der Waals surface area (Å²) in [5, 5.41) is 11.8. The van der Waals surface area contributed by atoms with Crippen LogP contribution < -0.4 is 4.74 Å². The van der Waals surface area contributed by atoms with E-state index in [-0.39, 0.29) is 11.0 Å². The highest BCUT2D eigenvalue weighted by atomic mass is 35.5. The first-order chi connectivity index (χ1) is 20.2. The second-order valence-corrected chi connectivity index (χ2v) is 13.2. The third-order valence-corrected chi connectivity index (χ3v) is 10.2. The van der Waals surface area contributed by atoms with Crippen molar-refractivity contribution in [3.05, 3.63) is 62.9 Å². The summed E-state index contributed by atoms with van der Waals surface area (Å²) in [6, 6.07) is 8.13. The molecule has 7 rings (SSSR count). The summed E-state index contributed by atoms with van der Waals surface area (Å²) in [6.45, 7) is 6.75. The second-order valence-electron chi connectivity index (χ2n) is 11.9. The summed E-state index contributed by atoms with van der Waals surface area (Å²) in [5.41, 5.74) is 5.84. The van der Waals surface area contributed by atoms with Crippen LogP contribution in [0.3, 0.4) is 0 Å². The number of halogens is 1. The van der Waals surface area contributed by atoms with E-state index in [1.54, 1.807) is 11.4 Å². The quantitative estimate of drug-likeness (QED) is 0.315. The molecule has 4 aliphatic rings. The molecule has 216 valence electrons. The number of allylic oxidation sites excluding steroid dienone is 2. The minimum Gasteiger partial charge on any atom is -0.491 e. The van der Waals surface area contributed by atoms with Gasteiger partial charge in [-0.1, -0.05) is 11.6 Å². The number of amidine groups is 1. The number of hydrogen-bond acceptors (Lipinski definition) is 8. The number of aromatic carboxylic acids is 1. The van der Waals surface area contributed by atoms with Crippen LogP contribution in [0.1, 0.15) is 55.1 Å². The Bertz CT molecular complexity index is 1740. The van der Waals surface area contributed by atoms with Gasteiger partial charge in [-0.25, -0.2) is 14.6 Å². The Balaban J connectivity index is 1.11. The van der Waals surface area contributed by atoms with E-state index in [9.17, 15) is 14.7 Å². The number of ether oxygens (including phenoxy) is 1. The maximum atomic E-state index is 12.4. The summed E-state index contributed by atoms with van der Waals surface area (Å²) in [5.74, 6) is 2.65. The molecule has 0 radical (unpaired) electrons. The number of fused-ring (bicyclic) bond motifs is 1. The van der Waals surface area contributed by atoms with Gasteiger partial charge in [0.25, 0.3) is 0 Å². The molecule has 0 amide bonds. The lowest BCUT2D eigenvalue weighted by molar-refractivity contribution is -0.0166. The zero-order chi connectivity index (χ0) is 29.2. The van der Waals surface area contributed by atoms with Crippen molar-refractivity contribution < 1.29 is 19.4 Å². The summed E-state index contributed by atoms with van der Waals surface area (Å²) < 4.78 is 7.10. The standard InChI is InChI=1S/C32H31ClN4O4S/c1-18-11-23(30-29(34-18)25(15-42-30)31(39)40)22-12-20(33)3-6-28(22)41-10-9-37-19(2)35-26-7-8-32(13-24(26)27(37)14-38)16-36(17-32)21-4-5-21/h3,6,11-12,15,21H,4-5,7-10,13,16-17H2,1-2H3,(H,39,40). The third kappa shape index (κ3) is 4.74. The van der Waals surface area contributed by atoms with Crippen LogP contribution in [0.15, 0.2) is 51.6 Å². The predicted octanol–water partition coefficient (Wildman–Crippen LogP) is 6.35. The number of carboxylic acid groups (broad SMARTS) is 1. The zero-order valence-corrected chi connectivity index (χ0v) is 25.1. The average Bonchev–Trinajstić information content (AvgIpc) is 3.70. The molecule has 4 heterocycles. The molecule has 2 fully saturated rings. The molecule has 0 atom stereocenters. The number of likely N-dealkylation sites (tertiary alicyclic amines) is 1. The molecule has 2 aromatic heterocycles. The van der Waals surface area contributed by atoms with Crippen LogP contribution in [0.4, 0.5) is 0 Å². The van der Waals surface area contributed by atoms with E-state index in [0.29, 0.717) is 40.8 Å². The lowest BCUT2D eigenvalue weighted by Gasteiger charge is -2.54. The fraction of sp³-hybridized carbons (Fsp3) is 0.406. The molecule has 3 aromatic rings. The number of hydrogen-bond donors (Lipinski definition) is 1. The number of nitrogens with zero attached hydrogens (tertiary/aromatic N) is 4. The molecule has 1 N–H and O–H groups in total. The van der Waals surface area contributed by atoms with Crippen molar-refractivity contribution in [2.75, 3.05) is 26.2 Å². The number of thiophene rings is 1. The Morgan fingerprint density at radius 2 is 2.05 bits per heavy atom. The molecule has 1 saturated carbocycles. The van der Waals surface area contributed by atoms with Gasteiger partial charge in [-0.15, -0.1) is 11.3 Å². The molecule has 1 saturated heterocycles. The number of carbonyl (C=O) groups excluding carboxylic acids is 1. The predicted molar refractivity (Wildman–Crippen MR) is 164 cm³/mol. The van der Waals surface area contributed by atoms with Crippen molar-refractivity contribution in [1.29, 1.82) is 0 Å². The number of aromatic nitrogens is 1. The fourth-order valence-electron chi connectivity index (χ4n) is 6.77. The van der Waals surface area contributed by atoms with Gasteiger partial charge in [0, 0.05) is 63.0 Å². The summed E-state index contributed by atoms with van der Waals surface area (Å²) >= 11 is 7.76. The first-order valence-electron chi connectivity index (χ1n) is 14.3. The summed E-state index contributed by atoms with van der Waals surface area (Å²) in [6.07, 6.45) is 5.54. The van der Waals surface area contributed by atoms with Gasteiger partial charge in [0.2, 0.25) is 0 Å². The average molecular weight is 603 g/mol. The van der Waals surface area contributed by atoms with Crippen LogP contribution in [0, 0.1) is 12.3 Å². The van der Waals surface area contributed by atoms with Gasteiger partial charge in [-0.3, -0.25) is 9.88 Å². The first kappa shape index (κ1) is 27.3. The van der Waals surface area contributed by atoms with Crippen molar-refractivity contribution in [3.8, 4) is 16.9 Å². The highest BCUT2D eigenvalue weighted by Gasteiger charge is 2.50. The largest absolute Gasteiger partial charge is 0.491 e. The van der Waals surface area contributed by atoms with Crippen molar-refractivity contribution in [3.63, 3.8) is 0 Å². The van der Waals surface area contributed by atoms with Gasteiger partial charge in [-0.05, 0) is 70.2 Å². The van der Waals surface area contributed by atoms with Gasteiger partial charge in [-0.2, -0.15) is 0 Å². The number of aryl methyl sites for hydroxylation is 1. The van der Waals surface area contributed by atoms with E-state index in [2.05, 4.69) is 15.8 Å². The monoisotopic (exact) mass is 602 g/mol. The summed E-state index contributed by atoms with van der Waals surface area (Å²) in [4.78, 5) is 38.1.